The molecule has 25 heavy (non-hydrogen) atoms. The van der Waals surface area contributed by atoms with Crippen molar-refractivity contribution in [3.8, 4) is 0 Å². The first-order valence-electron chi connectivity index (χ1n) is 7.67. The first kappa shape index (κ1) is 17.9. The molecule has 1 fully saturated rings. The lowest BCUT2D eigenvalue weighted by Crippen LogP contribution is -2.36. The molecular weight excluding hydrogens is 359 g/mol. The Labute approximate surface area is 142 Å². The molecule has 2 aromatic carbocycles. The van der Waals surface area contributed by atoms with Gasteiger partial charge in [-0.1, -0.05) is 80.1 Å². The van der Waals surface area contributed by atoms with Crippen molar-refractivity contribution in [3.63, 3.8) is 0 Å². The van der Waals surface area contributed by atoms with Gasteiger partial charge < -0.3 is 4.74 Å². The SMILES string of the molecule is FS(F)(F)(F)(F)C=C1CCOC(c2ccccc2)(c2ccccc2)C1. The summed E-state index contributed by atoms with van der Waals surface area (Å²) in [5.41, 5.74) is -0.295. The molecule has 0 spiro atoms. The van der Waals surface area contributed by atoms with Crippen molar-refractivity contribution in [2.24, 2.45) is 0 Å². The van der Waals surface area contributed by atoms with Gasteiger partial charge in [-0.2, -0.15) is 0 Å². The maximum atomic E-state index is 12.9. The number of rotatable bonds is 3. The Morgan fingerprint density at radius 3 is 1.72 bits per heavy atom. The van der Waals surface area contributed by atoms with E-state index < -0.39 is 21.2 Å². The molecule has 0 N–H and O–H groups in total. The van der Waals surface area contributed by atoms with Gasteiger partial charge in [0.2, 0.25) is 0 Å². The van der Waals surface area contributed by atoms with Crippen LogP contribution in [0.15, 0.2) is 71.6 Å². The fraction of sp³-hybridized carbons (Fsp3) is 0.222. The van der Waals surface area contributed by atoms with Crippen molar-refractivity contribution in [2.45, 2.75) is 18.4 Å². The second-order valence-electron chi connectivity index (χ2n) is 6.14. The maximum absolute atomic E-state index is 12.9. The van der Waals surface area contributed by atoms with Gasteiger partial charge in [-0.3, -0.25) is 0 Å². The van der Waals surface area contributed by atoms with Crippen LogP contribution in [0.4, 0.5) is 19.4 Å². The average Bonchev–Trinajstić information content (AvgIpc) is 2.54. The lowest BCUT2D eigenvalue weighted by atomic mass is 9.79. The Kier molecular flexibility index (Phi) is 3.82. The van der Waals surface area contributed by atoms with Crippen LogP contribution in [0.2, 0.25) is 0 Å². The van der Waals surface area contributed by atoms with Gasteiger partial charge in [-0.15, -0.1) is 0 Å². The summed E-state index contributed by atoms with van der Waals surface area (Å²) in [6.07, 6.45) is -0.445. The van der Waals surface area contributed by atoms with E-state index in [-0.39, 0.29) is 25.0 Å². The summed E-state index contributed by atoms with van der Waals surface area (Å²) < 4.78 is 70.6. The summed E-state index contributed by atoms with van der Waals surface area (Å²) >= 11 is 0. The summed E-state index contributed by atoms with van der Waals surface area (Å²) in [6.45, 7) is -0.0660. The summed E-state index contributed by atoms with van der Waals surface area (Å²) in [6, 6.07) is 17.4. The van der Waals surface area contributed by atoms with Crippen LogP contribution in [0, 0.1) is 0 Å². The van der Waals surface area contributed by atoms with E-state index in [1.54, 1.807) is 60.7 Å². The van der Waals surface area contributed by atoms with Gasteiger partial charge in [0.05, 0.1) is 12.0 Å². The number of hydrogen-bond donors (Lipinski definition) is 0. The zero-order valence-electron chi connectivity index (χ0n) is 13.2. The summed E-state index contributed by atoms with van der Waals surface area (Å²) in [5, 5.41) is -0.747. The molecule has 7 heteroatoms. The topological polar surface area (TPSA) is 9.23 Å². The number of hydrogen-bond acceptors (Lipinski definition) is 1. The molecule has 0 radical (unpaired) electrons. The van der Waals surface area contributed by atoms with E-state index in [0.717, 1.165) is 0 Å². The van der Waals surface area contributed by atoms with Gasteiger partial charge in [0, 0.05) is 6.42 Å². The van der Waals surface area contributed by atoms with E-state index in [1.165, 1.54) is 0 Å². The lowest BCUT2D eigenvalue weighted by molar-refractivity contribution is -0.0351. The zero-order chi connectivity index (χ0) is 18.2. The Balaban J connectivity index is 2.13. The van der Waals surface area contributed by atoms with Gasteiger partial charge in [-0.25, -0.2) is 0 Å². The average molecular weight is 376 g/mol. The van der Waals surface area contributed by atoms with Crippen LogP contribution < -0.4 is 0 Å². The summed E-state index contributed by atoms with van der Waals surface area (Å²) in [4.78, 5) is 0. The van der Waals surface area contributed by atoms with Crippen LogP contribution >= 0.6 is 10.2 Å². The smallest absolute Gasteiger partial charge is 0.304 e. The Hall–Kier alpha value is -1.86. The highest BCUT2D eigenvalue weighted by molar-refractivity contribution is 8.48. The van der Waals surface area contributed by atoms with E-state index in [4.69, 9.17) is 4.74 Å². The Morgan fingerprint density at radius 2 is 1.28 bits per heavy atom. The molecule has 0 unspecified atom stereocenters. The fourth-order valence-corrected chi connectivity index (χ4v) is 4.01. The van der Waals surface area contributed by atoms with Crippen molar-refractivity contribution in [1.82, 2.24) is 0 Å². The Bertz CT molecular complexity index is 746. The lowest BCUT2D eigenvalue weighted by Gasteiger charge is -2.42. The van der Waals surface area contributed by atoms with Crippen LogP contribution in [0.1, 0.15) is 24.0 Å². The third-order valence-corrected chi connectivity index (χ3v) is 4.90. The predicted octanol–water partition coefficient (Wildman–Crippen LogP) is 6.92. The van der Waals surface area contributed by atoms with Crippen LogP contribution in [-0.4, -0.2) is 6.61 Å². The second kappa shape index (κ2) is 5.32. The molecule has 1 aliphatic rings. The normalized spacial score (nSPS) is 22.2. The molecule has 1 nitrogen and oxygen atoms in total. The van der Waals surface area contributed by atoms with Crippen molar-refractivity contribution >= 4 is 10.2 Å². The highest BCUT2D eigenvalue weighted by Gasteiger charge is 2.61. The van der Waals surface area contributed by atoms with E-state index in [2.05, 4.69) is 0 Å². The third-order valence-electron chi connectivity index (χ3n) is 4.12. The van der Waals surface area contributed by atoms with Crippen LogP contribution in [0.3, 0.4) is 0 Å². The third kappa shape index (κ3) is 4.41. The molecule has 0 saturated carbocycles. The summed E-state index contributed by atoms with van der Waals surface area (Å²) in [7, 11) is -9.64. The van der Waals surface area contributed by atoms with E-state index in [9.17, 15) is 19.4 Å². The standard InChI is InChI=1S/C18H17F5OS/c19-25(20,21,22,23)14-15-11-12-24-18(13-15,16-7-3-1-4-8-16)17-9-5-2-6-10-17/h1-10,14H,11-13H2. The minimum Gasteiger partial charge on any atom is -0.365 e. The molecule has 0 atom stereocenters. The molecule has 0 aromatic heterocycles. The quantitative estimate of drug-likeness (QED) is 0.528. The number of ether oxygens (including phenoxy) is 1. The van der Waals surface area contributed by atoms with Crippen LogP contribution in [0.25, 0.3) is 0 Å². The monoisotopic (exact) mass is 376 g/mol. The minimum atomic E-state index is -9.64. The van der Waals surface area contributed by atoms with Gasteiger partial charge in [0.25, 0.3) is 0 Å². The fourth-order valence-electron chi connectivity index (χ4n) is 3.18. The van der Waals surface area contributed by atoms with E-state index in [1.807, 2.05) is 0 Å². The molecule has 3 rings (SSSR count). The maximum Gasteiger partial charge on any atom is 0.304 e. The van der Waals surface area contributed by atoms with Crippen LogP contribution in [0.5, 0.6) is 0 Å². The van der Waals surface area contributed by atoms with Gasteiger partial charge in [-0.05, 0) is 23.1 Å². The predicted molar refractivity (Wildman–Crippen MR) is 90.1 cm³/mol. The summed E-state index contributed by atoms with van der Waals surface area (Å²) in [5.74, 6) is 0. The molecule has 136 valence electrons. The van der Waals surface area contributed by atoms with Crippen molar-refractivity contribution in [2.75, 3.05) is 6.61 Å². The molecule has 0 amide bonds. The van der Waals surface area contributed by atoms with Gasteiger partial charge >= 0.3 is 10.2 Å². The van der Waals surface area contributed by atoms with Gasteiger partial charge in [0.1, 0.15) is 5.60 Å². The van der Waals surface area contributed by atoms with E-state index in [0.29, 0.717) is 11.1 Å². The molecule has 1 saturated heterocycles. The second-order valence-corrected chi connectivity index (χ2v) is 8.43. The molecule has 0 aliphatic carbocycles. The first-order valence-corrected chi connectivity index (χ1v) is 9.69. The van der Waals surface area contributed by atoms with Crippen molar-refractivity contribution < 1.29 is 24.2 Å². The zero-order valence-corrected chi connectivity index (χ0v) is 14.0. The first-order chi connectivity index (χ1) is 11.5. The molecule has 1 heterocycles. The van der Waals surface area contributed by atoms with Crippen molar-refractivity contribution in [1.29, 1.82) is 0 Å². The largest absolute Gasteiger partial charge is 0.365 e. The molecule has 2 aromatic rings. The Morgan fingerprint density at radius 1 is 0.800 bits per heavy atom. The number of benzene rings is 2. The highest BCUT2D eigenvalue weighted by atomic mass is 32.5. The van der Waals surface area contributed by atoms with E-state index >= 15 is 0 Å². The highest BCUT2D eigenvalue weighted by Crippen LogP contribution is 2.99. The molecular formula is C18H17F5OS. The molecule has 0 bridgehead atoms. The van der Waals surface area contributed by atoms with Gasteiger partial charge in [0.15, 0.2) is 0 Å². The van der Waals surface area contributed by atoms with Crippen LogP contribution in [-0.2, 0) is 10.3 Å². The number of halogens is 5. The van der Waals surface area contributed by atoms with Crippen molar-refractivity contribution in [3.05, 3.63) is 82.8 Å². The minimum absolute atomic E-state index is 0.0660. The molecule has 1 aliphatic heterocycles.